The predicted octanol–water partition coefficient (Wildman–Crippen LogP) is -0.123. The number of aliphatic hydroxyl groups is 1. The lowest BCUT2D eigenvalue weighted by atomic mass is 10.0. The highest BCUT2D eigenvalue weighted by Crippen LogP contribution is 2.23. The van der Waals surface area contributed by atoms with Crippen LogP contribution in [0.3, 0.4) is 0 Å². The van der Waals surface area contributed by atoms with Crippen LogP contribution in [0.4, 0.5) is 0 Å². The van der Waals surface area contributed by atoms with Gasteiger partial charge in [0.15, 0.2) is 0 Å². The fourth-order valence-electron chi connectivity index (χ4n) is 2.31. The maximum Gasteiger partial charge on any atom is 0.0564 e. The summed E-state index contributed by atoms with van der Waals surface area (Å²) in [6.45, 7) is 2.43. The van der Waals surface area contributed by atoms with Crippen LogP contribution in [0.2, 0.25) is 0 Å². The van der Waals surface area contributed by atoms with Gasteiger partial charge in [-0.2, -0.15) is 5.10 Å². The number of aromatic nitrogens is 2. The van der Waals surface area contributed by atoms with Crippen molar-refractivity contribution in [3.8, 4) is 0 Å². The number of piperidine rings is 1. The fourth-order valence-corrected chi connectivity index (χ4v) is 2.31. The number of likely N-dealkylation sites (tertiary alicyclic amines) is 1. The van der Waals surface area contributed by atoms with Crippen molar-refractivity contribution in [3.05, 3.63) is 18.0 Å². The minimum atomic E-state index is -0.136. The summed E-state index contributed by atoms with van der Waals surface area (Å²) in [7, 11) is 1.91. The first kappa shape index (κ1) is 11.6. The number of nitrogens with two attached hydrogens (primary N) is 1. The van der Waals surface area contributed by atoms with Gasteiger partial charge in [-0.15, -0.1) is 0 Å². The molecule has 0 spiro atoms. The summed E-state index contributed by atoms with van der Waals surface area (Å²) in [5.41, 5.74) is 7.01. The topological polar surface area (TPSA) is 67.3 Å². The smallest absolute Gasteiger partial charge is 0.0564 e. The van der Waals surface area contributed by atoms with E-state index in [2.05, 4.69) is 10.00 Å². The van der Waals surface area contributed by atoms with Crippen LogP contribution < -0.4 is 5.73 Å². The van der Waals surface area contributed by atoms with Crippen LogP contribution >= 0.6 is 0 Å². The van der Waals surface area contributed by atoms with Crippen molar-refractivity contribution in [2.45, 2.75) is 25.0 Å². The van der Waals surface area contributed by atoms with E-state index in [-0.39, 0.29) is 12.1 Å². The molecule has 0 bridgehead atoms. The summed E-state index contributed by atoms with van der Waals surface area (Å²) in [6, 6.07) is 0.237. The van der Waals surface area contributed by atoms with Gasteiger partial charge >= 0.3 is 0 Å². The van der Waals surface area contributed by atoms with Crippen LogP contribution in [0.5, 0.6) is 0 Å². The van der Waals surface area contributed by atoms with E-state index in [9.17, 15) is 5.11 Å². The Morgan fingerprint density at radius 3 is 2.75 bits per heavy atom. The van der Waals surface area contributed by atoms with E-state index in [1.807, 2.05) is 19.4 Å². The molecule has 0 aliphatic carbocycles. The highest BCUT2D eigenvalue weighted by Gasteiger charge is 2.24. The Balaban J connectivity index is 2.05. The summed E-state index contributed by atoms with van der Waals surface area (Å²) in [5.74, 6) is 0. The molecular formula is C11H20N4O. The van der Waals surface area contributed by atoms with Crippen molar-refractivity contribution in [3.63, 3.8) is 0 Å². The Bertz CT molecular complexity index is 330. The molecule has 5 nitrogen and oxygen atoms in total. The molecule has 1 aliphatic heterocycles. The van der Waals surface area contributed by atoms with Crippen molar-refractivity contribution in [2.24, 2.45) is 12.8 Å². The van der Waals surface area contributed by atoms with Crippen molar-refractivity contribution >= 4 is 0 Å². The molecule has 16 heavy (non-hydrogen) atoms. The second-order valence-electron chi connectivity index (χ2n) is 4.47. The summed E-state index contributed by atoms with van der Waals surface area (Å²) in [6.07, 6.45) is 5.45. The van der Waals surface area contributed by atoms with Crippen molar-refractivity contribution in [2.75, 3.05) is 19.6 Å². The van der Waals surface area contributed by atoms with Gasteiger partial charge in [0, 0.05) is 38.4 Å². The molecule has 2 rings (SSSR count). The van der Waals surface area contributed by atoms with Crippen LogP contribution in [-0.2, 0) is 7.05 Å². The third-order valence-corrected chi connectivity index (χ3v) is 3.27. The van der Waals surface area contributed by atoms with Crippen LogP contribution in [0.15, 0.2) is 12.4 Å². The molecule has 1 unspecified atom stereocenters. The molecule has 0 aromatic carbocycles. The van der Waals surface area contributed by atoms with Crippen molar-refractivity contribution < 1.29 is 5.11 Å². The zero-order valence-corrected chi connectivity index (χ0v) is 9.71. The number of hydrogen-bond donors (Lipinski definition) is 2. The SMILES string of the molecule is Cn1cc(C(CN)N2CCC(O)CC2)cn1. The fraction of sp³-hybridized carbons (Fsp3) is 0.727. The van der Waals surface area contributed by atoms with Gasteiger partial charge in [-0.05, 0) is 12.8 Å². The van der Waals surface area contributed by atoms with E-state index in [1.165, 1.54) is 5.56 Å². The van der Waals surface area contributed by atoms with E-state index in [1.54, 1.807) is 4.68 Å². The van der Waals surface area contributed by atoms with Gasteiger partial charge in [0.25, 0.3) is 0 Å². The first-order chi connectivity index (χ1) is 7.70. The van der Waals surface area contributed by atoms with Crippen molar-refractivity contribution in [1.29, 1.82) is 0 Å². The second-order valence-corrected chi connectivity index (χ2v) is 4.47. The number of aryl methyl sites for hydroxylation is 1. The molecule has 0 amide bonds. The van der Waals surface area contributed by atoms with Gasteiger partial charge in [0.1, 0.15) is 0 Å². The molecule has 1 fully saturated rings. The first-order valence-corrected chi connectivity index (χ1v) is 5.81. The minimum Gasteiger partial charge on any atom is -0.393 e. The molecule has 2 heterocycles. The molecule has 1 aromatic heterocycles. The van der Waals surface area contributed by atoms with E-state index in [0.29, 0.717) is 6.54 Å². The van der Waals surface area contributed by atoms with E-state index in [4.69, 9.17) is 5.73 Å². The third-order valence-electron chi connectivity index (χ3n) is 3.27. The Kier molecular flexibility index (Phi) is 3.58. The highest BCUT2D eigenvalue weighted by molar-refractivity contribution is 5.11. The molecule has 0 radical (unpaired) electrons. The van der Waals surface area contributed by atoms with E-state index in [0.717, 1.165) is 25.9 Å². The summed E-state index contributed by atoms with van der Waals surface area (Å²) >= 11 is 0. The zero-order chi connectivity index (χ0) is 11.5. The van der Waals surface area contributed by atoms with Gasteiger partial charge in [-0.25, -0.2) is 0 Å². The number of hydrogen-bond acceptors (Lipinski definition) is 4. The van der Waals surface area contributed by atoms with Gasteiger partial charge in [-0.1, -0.05) is 0 Å². The monoisotopic (exact) mass is 224 g/mol. The Hall–Kier alpha value is -0.910. The first-order valence-electron chi connectivity index (χ1n) is 5.81. The van der Waals surface area contributed by atoms with E-state index < -0.39 is 0 Å². The average Bonchev–Trinajstić information content (AvgIpc) is 2.69. The molecule has 1 aliphatic rings. The van der Waals surface area contributed by atoms with Crippen LogP contribution in [0.25, 0.3) is 0 Å². The lowest BCUT2D eigenvalue weighted by molar-refractivity contribution is 0.0622. The zero-order valence-electron chi connectivity index (χ0n) is 9.71. The summed E-state index contributed by atoms with van der Waals surface area (Å²) < 4.78 is 1.80. The Morgan fingerprint density at radius 1 is 1.56 bits per heavy atom. The maximum absolute atomic E-state index is 9.48. The standard InChI is InChI=1S/C11H20N4O/c1-14-8-9(7-13-14)11(6-12)15-4-2-10(16)3-5-15/h7-8,10-11,16H,2-6,12H2,1H3. The molecule has 5 heteroatoms. The Labute approximate surface area is 95.8 Å². The lowest BCUT2D eigenvalue weighted by Crippen LogP contribution is -2.41. The number of rotatable bonds is 3. The van der Waals surface area contributed by atoms with Crippen LogP contribution in [0.1, 0.15) is 24.4 Å². The predicted molar refractivity (Wildman–Crippen MR) is 61.8 cm³/mol. The molecule has 1 saturated heterocycles. The number of aliphatic hydroxyl groups excluding tert-OH is 1. The quantitative estimate of drug-likeness (QED) is 0.751. The molecular weight excluding hydrogens is 204 g/mol. The average molecular weight is 224 g/mol. The second kappa shape index (κ2) is 4.95. The van der Waals surface area contributed by atoms with Crippen molar-refractivity contribution in [1.82, 2.24) is 14.7 Å². The maximum atomic E-state index is 9.48. The normalized spacial score (nSPS) is 21.2. The van der Waals surface area contributed by atoms with Crippen LogP contribution in [0, 0.1) is 0 Å². The third kappa shape index (κ3) is 2.42. The minimum absolute atomic E-state index is 0.136. The molecule has 1 aromatic rings. The molecule has 0 saturated carbocycles. The van der Waals surface area contributed by atoms with E-state index >= 15 is 0 Å². The molecule has 90 valence electrons. The van der Waals surface area contributed by atoms with Gasteiger partial charge in [0.05, 0.1) is 18.3 Å². The number of nitrogens with zero attached hydrogens (tertiary/aromatic N) is 3. The highest BCUT2D eigenvalue weighted by atomic mass is 16.3. The Morgan fingerprint density at radius 2 is 2.25 bits per heavy atom. The summed E-state index contributed by atoms with van der Waals surface area (Å²) in [5, 5.41) is 13.7. The van der Waals surface area contributed by atoms with Gasteiger partial charge in [-0.3, -0.25) is 9.58 Å². The van der Waals surface area contributed by atoms with Gasteiger partial charge < -0.3 is 10.8 Å². The molecule has 1 atom stereocenters. The van der Waals surface area contributed by atoms with Crippen LogP contribution in [-0.4, -0.2) is 45.5 Å². The molecule has 3 N–H and O–H groups in total. The summed E-state index contributed by atoms with van der Waals surface area (Å²) in [4.78, 5) is 2.34. The largest absolute Gasteiger partial charge is 0.393 e. The lowest BCUT2D eigenvalue weighted by Gasteiger charge is -2.35. The van der Waals surface area contributed by atoms with Gasteiger partial charge in [0.2, 0.25) is 0 Å².